The number of amides is 2. The summed E-state index contributed by atoms with van der Waals surface area (Å²) in [6.45, 7) is 14.2. The molecule has 4 nitrogen and oxygen atoms in total. The fourth-order valence-corrected chi connectivity index (χ4v) is 2.78. The van der Waals surface area contributed by atoms with Crippen molar-refractivity contribution in [2.24, 2.45) is 11.8 Å². The number of rotatable bonds is 3. The molecule has 4 heteroatoms. The molecule has 0 bridgehead atoms. The molecule has 0 radical (unpaired) electrons. The molecule has 21 heavy (non-hydrogen) atoms. The summed E-state index contributed by atoms with van der Waals surface area (Å²) < 4.78 is 0. The first-order chi connectivity index (χ1) is 9.46. The van der Waals surface area contributed by atoms with E-state index < -0.39 is 0 Å². The monoisotopic (exact) mass is 294 g/mol. The largest absolute Gasteiger partial charge is 0.320 e. The first-order valence-electron chi connectivity index (χ1n) is 7.79. The Morgan fingerprint density at radius 1 is 1.14 bits per heavy atom. The second-order valence-electron chi connectivity index (χ2n) is 7.68. The molecular weight excluding hydrogens is 264 g/mol. The van der Waals surface area contributed by atoms with Gasteiger partial charge in [0, 0.05) is 12.6 Å². The molecule has 1 unspecified atom stereocenters. The van der Waals surface area contributed by atoms with Crippen LogP contribution in [0.5, 0.6) is 0 Å². The maximum atomic E-state index is 12.9. The zero-order valence-corrected chi connectivity index (χ0v) is 14.7. The fraction of sp³-hybridized carbons (Fsp3) is 0.765. The molecule has 0 aromatic carbocycles. The summed E-state index contributed by atoms with van der Waals surface area (Å²) >= 11 is 0. The summed E-state index contributed by atoms with van der Waals surface area (Å²) in [5.74, 6) is 0.567. The third-order valence-electron chi connectivity index (χ3n) is 3.64. The van der Waals surface area contributed by atoms with Crippen LogP contribution in [0.2, 0.25) is 0 Å². The molecule has 1 heterocycles. The van der Waals surface area contributed by atoms with Gasteiger partial charge in [-0.15, -0.1) is 0 Å². The molecule has 0 aliphatic carbocycles. The Kier molecular flexibility index (Phi) is 5.24. The Hall–Kier alpha value is -1.32. The van der Waals surface area contributed by atoms with Gasteiger partial charge in [-0.2, -0.15) is 0 Å². The average Bonchev–Trinajstić information content (AvgIpc) is 2.29. The van der Waals surface area contributed by atoms with Crippen molar-refractivity contribution in [2.45, 2.75) is 66.5 Å². The lowest BCUT2D eigenvalue weighted by molar-refractivity contribution is -0.156. The smallest absolute Gasteiger partial charge is 0.271 e. The lowest BCUT2D eigenvalue weighted by atomic mass is 9.92. The van der Waals surface area contributed by atoms with Crippen LogP contribution in [-0.4, -0.2) is 40.2 Å². The van der Waals surface area contributed by atoms with Gasteiger partial charge < -0.3 is 9.80 Å². The Labute approximate surface area is 129 Å². The molecule has 0 aromatic rings. The molecule has 1 aliphatic heterocycles. The summed E-state index contributed by atoms with van der Waals surface area (Å²) in [4.78, 5) is 29.0. The quantitative estimate of drug-likeness (QED) is 0.751. The highest BCUT2D eigenvalue weighted by atomic mass is 16.2. The summed E-state index contributed by atoms with van der Waals surface area (Å²) in [5.41, 5.74) is 0.133. The first kappa shape index (κ1) is 17.7. The van der Waals surface area contributed by atoms with Gasteiger partial charge in [0.2, 0.25) is 5.91 Å². The van der Waals surface area contributed by atoms with E-state index in [0.717, 1.165) is 0 Å². The molecule has 1 aliphatic rings. The van der Waals surface area contributed by atoms with Gasteiger partial charge in [-0.3, -0.25) is 9.59 Å². The zero-order valence-electron chi connectivity index (χ0n) is 14.7. The zero-order chi connectivity index (χ0) is 16.5. The fourth-order valence-electron chi connectivity index (χ4n) is 2.78. The SMILES string of the molecule is CC(C)C=C1C(=O)N(C(C)(C)C)C(CC(C)C)C(=O)N1C. The summed E-state index contributed by atoms with van der Waals surface area (Å²) in [6.07, 6.45) is 2.58. The minimum atomic E-state index is -0.371. The molecule has 1 atom stereocenters. The normalized spacial score (nSPS) is 23.0. The molecule has 0 spiro atoms. The van der Waals surface area contributed by atoms with Gasteiger partial charge in [0.05, 0.1) is 0 Å². The average molecular weight is 294 g/mol. The minimum Gasteiger partial charge on any atom is -0.320 e. The number of carbonyl (C=O) groups excluding carboxylic acids is 2. The van der Waals surface area contributed by atoms with Crippen LogP contribution in [0, 0.1) is 11.8 Å². The number of allylic oxidation sites excluding steroid dienone is 1. The highest BCUT2D eigenvalue weighted by Crippen LogP contribution is 2.31. The standard InChI is InChI=1S/C17H30N2O2/c1-11(2)9-13-16(21)19(17(5,6)7)14(10-12(3)4)15(20)18(13)8/h9,11-12,14H,10H2,1-8H3. The molecule has 2 amide bonds. The van der Waals surface area contributed by atoms with Crippen LogP contribution in [0.25, 0.3) is 0 Å². The molecule has 0 N–H and O–H groups in total. The maximum Gasteiger partial charge on any atom is 0.271 e. The first-order valence-corrected chi connectivity index (χ1v) is 7.79. The van der Waals surface area contributed by atoms with Crippen LogP contribution in [0.3, 0.4) is 0 Å². The van der Waals surface area contributed by atoms with E-state index in [0.29, 0.717) is 18.0 Å². The van der Waals surface area contributed by atoms with Crippen LogP contribution >= 0.6 is 0 Å². The Balaban J connectivity index is 3.31. The van der Waals surface area contributed by atoms with Crippen LogP contribution in [0.15, 0.2) is 11.8 Å². The number of nitrogens with zero attached hydrogens (tertiary/aromatic N) is 2. The summed E-state index contributed by atoms with van der Waals surface area (Å²) in [5, 5.41) is 0. The van der Waals surface area contributed by atoms with Crippen molar-refractivity contribution in [3.63, 3.8) is 0 Å². The molecular formula is C17H30N2O2. The predicted molar refractivity (Wildman–Crippen MR) is 85.5 cm³/mol. The van der Waals surface area contributed by atoms with E-state index in [9.17, 15) is 9.59 Å². The van der Waals surface area contributed by atoms with Crippen molar-refractivity contribution in [3.05, 3.63) is 11.8 Å². The number of hydrogen-bond acceptors (Lipinski definition) is 2. The van der Waals surface area contributed by atoms with Crippen molar-refractivity contribution in [1.29, 1.82) is 0 Å². The van der Waals surface area contributed by atoms with E-state index in [2.05, 4.69) is 13.8 Å². The van der Waals surface area contributed by atoms with Crippen molar-refractivity contribution in [2.75, 3.05) is 7.05 Å². The lowest BCUT2D eigenvalue weighted by Crippen LogP contribution is -2.63. The van der Waals surface area contributed by atoms with Crippen molar-refractivity contribution >= 4 is 11.8 Å². The van der Waals surface area contributed by atoms with Crippen molar-refractivity contribution < 1.29 is 9.59 Å². The third-order valence-corrected chi connectivity index (χ3v) is 3.64. The summed E-state index contributed by atoms with van der Waals surface area (Å²) in [7, 11) is 1.71. The Morgan fingerprint density at radius 2 is 1.67 bits per heavy atom. The van der Waals surface area contributed by atoms with E-state index in [1.54, 1.807) is 11.9 Å². The highest BCUT2D eigenvalue weighted by molar-refractivity contribution is 6.04. The van der Waals surface area contributed by atoms with Crippen LogP contribution in [0.4, 0.5) is 0 Å². The van der Waals surface area contributed by atoms with Gasteiger partial charge in [0.1, 0.15) is 11.7 Å². The Morgan fingerprint density at radius 3 is 2.05 bits per heavy atom. The molecule has 1 fully saturated rings. The second-order valence-corrected chi connectivity index (χ2v) is 7.68. The van der Waals surface area contributed by atoms with Crippen LogP contribution in [-0.2, 0) is 9.59 Å². The predicted octanol–water partition coefficient (Wildman–Crippen LogP) is 3.04. The summed E-state index contributed by atoms with van der Waals surface area (Å²) in [6, 6.07) is -0.369. The molecule has 1 saturated heterocycles. The lowest BCUT2D eigenvalue weighted by Gasteiger charge is -2.47. The van der Waals surface area contributed by atoms with Gasteiger partial charge in [-0.05, 0) is 39.0 Å². The molecule has 1 rings (SSSR count). The van der Waals surface area contributed by atoms with E-state index in [4.69, 9.17) is 0 Å². The van der Waals surface area contributed by atoms with Gasteiger partial charge >= 0.3 is 0 Å². The number of hydrogen-bond donors (Lipinski definition) is 0. The molecule has 120 valence electrons. The van der Waals surface area contributed by atoms with E-state index in [1.807, 2.05) is 40.7 Å². The van der Waals surface area contributed by atoms with Crippen LogP contribution < -0.4 is 0 Å². The molecule has 0 saturated carbocycles. The van der Waals surface area contributed by atoms with Gasteiger partial charge in [0.25, 0.3) is 5.91 Å². The number of carbonyl (C=O) groups is 2. The van der Waals surface area contributed by atoms with Gasteiger partial charge in [-0.1, -0.05) is 33.8 Å². The maximum absolute atomic E-state index is 12.9. The van der Waals surface area contributed by atoms with Gasteiger partial charge in [-0.25, -0.2) is 0 Å². The molecule has 0 aromatic heterocycles. The van der Waals surface area contributed by atoms with E-state index in [1.165, 1.54) is 4.90 Å². The number of likely N-dealkylation sites (N-methyl/N-ethyl adjacent to an activating group) is 1. The Bertz CT molecular complexity index is 444. The van der Waals surface area contributed by atoms with Crippen molar-refractivity contribution in [1.82, 2.24) is 9.80 Å². The number of piperazine rings is 1. The van der Waals surface area contributed by atoms with Crippen molar-refractivity contribution in [3.8, 4) is 0 Å². The highest BCUT2D eigenvalue weighted by Gasteiger charge is 2.45. The minimum absolute atomic E-state index is 0.0186. The topological polar surface area (TPSA) is 40.6 Å². The second kappa shape index (κ2) is 6.20. The third kappa shape index (κ3) is 3.86. The van der Waals surface area contributed by atoms with Crippen LogP contribution in [0.1, 0.15) is 54.9 Å². The van der Waals surface area contributed by atoms with E-state index in [-0.39, 0.29) is 29.3 Å². The van der Waals surface area contributed by atoms with Gasteiger partial charge in [0.15, 0.2) is 0 Å². The van der Waals surface area contributed by atoms with E-state index >= 15 is 0 Å².